The molecule has 0 bridgehead atoms. The van der Waals surface area contributed by atoms with Crippen molar-refractivity contribution in [3.63, 3.8) is 0 Å². The van der Waals surface area contributed by atoms with Gasteiger partial charge in [0.2, 0.25) is 0 Å². The lowest BCUT2D eigenvalue weighted by Gasteiger charge is -2.07. The van der Waals surface area contributed by atoms with Gasteiger partial charge >= 0.3 is 0 Å². The van der Waals surface area contributed by atoms with E-state index in [2.05, 4.69) is 0 Å². The third kappa shape index (κ3) is 1.74. The van der Waals surface area contributed by atoms with Crippen LogP contribution in [0, 0.1) is 18.3 Å². The molecule has 0 aromatic heterocycles. The number of rotatable bonds is 2. The Kier molecular flexibility index (Phi) is 2.88. The lowest BCUT2D eigenvalue weighted by atomic mass is 10.0. The molecule has 14 heavy (non-hydrogen) atoms. The number of nitriles is 1. The van der Waals surface area contributed by atoms with E-state index >= 15 is 0 Å². The van der Waals surface area contributed by atoms with Crippen molar-refractivity contribution in [3.8, 4) is 11.8 Å². The first kappa shape index (κ1) is 10.3. The lowest BCUT2D eigenvalue weighted by molar-refractivity contribution is 0.101. The summed E-state index contributed by atoms with van der Waals surface area (Å²) in [5, 5.41) is 8.78. The van der Waals surface area contributed by atoms with Gasteiger partial charge in [0, 0.05) is 0 Å². The summed E-state index contributed by atoms with van der Waals surface area (Å²) in [6, 6.07) is 5.31. The molecule has 0 spiro atoms. The minimum absolute atomic E-state index is 0.0607. The Morgan fingerprint density at radius 1 is 1.50 bits per heavy atom. The van der Waals surface area contributed by atoms with E-state index in [9.17, 15) is 4.79 Å². The van der Waals surface area contributed by atoms with Gasteiger partial charge in [0.1, 0.15) is 5.75 Å². The normalized spacial score (nSPS) is 9.29. The number of hydrogen-bond acceptors (Lipinski definition) is 3. The average molecular weight is 189 g/mol. The Morgan fingerprint density at radius 3 is 2.57 bits per heavy atom. The highest BCUT2D eigenvalue weighted by atomic mass is 16.5. The Bertz CT molecular complexity index is 416. The first-order chi connectivity index (χ1) is 6.60. The Balaban J connectivity index is 3.41. The van der Waals surface area contributed by atoms with E-state index in [-0.39, 0.29) is 5.78 Å². The summed E-state index contributed by atoms with van der Waals surface area (Å²) in [7, 11) is 1.48. The Morgan fingerprint density at radius 2 is 2.14 bits per heavy atom. The van der Waals surface area contributed by atoms with Crippen molar-refractivity contribution in [3.05, 3.63) is 28.8 Å². The molecule has 1 aromatic carbocycles. The van der Waals surface area contributed by atoms with Crippen molar-refractivity contribution in [2.45, 2.75) is 13.8 Å². The first-order valence-electron chi connectivity index (χ1n) is 4.19. The SMILES string of the molecule is COc1cc(C#N)c(C)cc1C(C)=O. The number of aryl methyl sites for hydroxylation is 1. The quantitative estimate of drug-likeness (QED) is 0.669. The molecule has 3 nitrogen and oxygen atoms in total. The molecular formula is C11H11NO2. The van der Waals surface area contributed by atoms with Gasteiger partial charge in [-0.1, -0.05) is 0 Å². The second-order valence-corrected chi connectivity index (χ2v) is 3.04. The zero-order valence-electron chi connectivity index (χ0n) is 8.42. The number of benzene rings is 1. The average Bonchev–Trinajstić information content (AvgIpc) is 2.17. The van der Waals surface area contributed by atoms with Crippen LogP contribution >= 0.6 is 0 Å². The van der Waals surface area contributed by atoms with Crippen molar-refractivity contribution in [2.75, 3.05) is 7.11 Å². The predicted molar refractivity (Wildman–Crippen MR) is 52.5 cm³/mol. The summed E-state index contributed by atoms with van der Waals surface area (Å²) < 4.78 is 5.03. The number of nitrogens with zero attached hydrogens (tertiary/aromatic N) is 1. The lowest BCUT2D eigenvalue weighted by Crippen LogP contribution is -1.99. The number of carbonyl (C=O) groups excluding carboxylic acids is 1. The van der Waals surface area contributed by atoms with Gasteiger partial charge in [0.05, 0.1) is 24.3 Å². The molecular weight excluding hydrogens is 178 g/mol. The third-order valence-electron chi connectivity index (χ3n) is 2.05. The van der Waals surface area contributed by atoms with E-state index in [0.717, 1.165) is 5.56 Å². The highest BCUT2D eigenvalue weighted by molar-refractivity contribution is 5.97. The fraction of sp³-hybridized carbons (Fsp3) is 0.273. The summed E-state index contributed by atoms with van der Waals surface area (Å²) in [5.74, 6) is 0.397. The summed E-state index contributed by atoms with van der Waals surface area (Å²) in [4.78, 5) is 11.2. The fourth-order valence-corrected chi connectivity index (χ4v) is 1.25. The van der Waals surface area contributed by atoms with Crippen LogP contribution in [0.2, 0.25) is 0 Å². The second kappa shape index (κ2) is 3.93. The number of Topliss-reactive ketones (excluding diaryl/α,β-unsaturated/α-hetero) is 1. The number of methoxy groups -OCH3 is 1. The number of carbonyl (C=O) groups is 1. The largest absolute Gasteiger partial charge is 0.496 e. The van der Waals surface area contributed by atoms with E-state index in [4.69, 9.17) is 10.00 Å². The van der Waals surface area contributed by atoms with Crippen molar-refractivity contribution in [1.29, 1.82) is 5.26 Å². The molecule has 0 aliphatic heterocycles. The minimum Gasteiger partial charge on any atom is -0.496 e. The highest BCUT2D eigenvalue weighted by Gasteiger charge is 2.10. The number of hydrogen-bond donors (Lipinski definition) is 0. The first-order valence-corrected chi connectivity index (χ1v) is 4.19. The van der Waals surface area contributed by atoms with E-state index in [1.807, 2.05) is 6.07 Å². The molecule has 72 valence electrons. The molecule has 0 amide bonds. The molecule has 0 atom stereocenters. The molecule has 0 saturated carbocycles. The number of ketones is 1. The maximum absolute atomic E-state index is 11.2. The van der Waals surface area contributed by atoms with Crippen molar-refractivity contribution in [1.82, 2.24) is 0 Å². The molecule has 0 fully saturated rings. The van der Waals surface area contributed by atoms with Crippen LogP contribution in [-0.2, 0) is 0 Å². The molecule has 3 heteroatoms. The third-order valence-corrected chi connectivity index (χ3v) is 2.05. The molecule has 0 unspecified atom stereocenters. The van der Waals surface area contributed by atoms with E-state index in [0.29, 0.717) is 16.9 Å². The Hall–Kier alpha value is -1.82. The number of ether oxygens (including phenoxy) is 1. The molecule has 1 rings (SSSR count). The van der Waals surface area contributed by atoms with Gasteiger partial charge in [-0.25, -0.2) is 0 Å². The van der Waals surface area contributed by atoms with Crippen LogP contribution in [-0.4, -0.2) is 12.9 Å². The minimum atomic E-state index is -0.0607. The molecule has 0 saturated heterocycles. The highest BCUT2D eigenvalue weighted by Crippen LogP contribution is 2.23. The monoisotopic (exact) mass is 189 g/mol. The summed E-state index contributed by atoms with van der Waals surface area (Å²) in [6.45, 7) is 3.27. The van der Waals surface area contributed by atoms with Gasteiger partial charge in [-0.2, -0.15) is 5.26 Å². The predicted octanol–water partition coefficient (Wildman–Crippen LogP) is 2.08. The smallest absolute Gasteiger partial charge is 0.163 e. The summed E-state index contributed by atoms with van der Waals surface area (Å²) >= 11 is 0. The van der Waals surface area contributed by atoms with Crippen LogP contribution in [0.3, 0.4) is 0 Å². The standard InChI is InChI=1S/C11H11NO2/c1-7-4-10(8(2)13)11(14-3)5-9(7)6-12/h4-5H,1-3H3. The van der Waals surface area contributed by atoms with Crippen LogP contribution in [0.5, 0.6) is 5.75 Å². The van der Waals surface area contributed by atoms with Crippen LogP contribution in [0.25, 0.3) is 0 Å². The van der Waals surface area contributed by atoms with Crippen LogP contribution < -0.4 is 4.74 Å². The molecule has 0 heterocycles. The fourth-order valence-electron chi connectivity index (χ4n) is 1.25. The van der Waals surface area contributed by atoms with Gasteiger partial charge in [-0.05, 0) is 31.5 Å². The molecule has 0 N–H and O–H groups in total. The van der Waals surface area contributed by atoms with Gasteiger partial charge in [0.25, 0.3) is 0 Å². The molecule has 0 aliphatic rings. The molecule has 1 aromatic rings. The summed E-state index contributed by atoms with van der Waals surface area (Å²) in [6.07, 6.45) is 0. The van der Waals surface area contributed by atoms with Crippen molar-refractivity contribution in [2.24, 2.45) is 0 Å². The van der Waals surface area contributed by atoms with Crippen molar-refractivity contribution >= 4 is 5.78 Å². The van der Waals surface area contributed by atoms with Crippen LogP contribution in [0.15, 0.2) is 12.1 Å². The van der Waals surface area contributed by atoms with Gasteiger partial charge in [0.15, 0.2) is 5.78 Å². The van der Waals surface area contributed by atoms with E-state index in [1.54, 1.807) is 19.1 Å². The van der Waals surface area contributed by atoms with E-state index < -0.39 is 0 Å². The molecule has 0 aliphatic carbocycles. The van der Waals surface area contributed by atoms with Gasteiger partial charge in [-0.15, -0.1) is 0 Å². The maximum atomic E-state index is 11.2. The Labute approximate surface area is 82.9 Å². The van der Waals surface area contributed by atoms with Gasteiger partial charge < -0.3 is 4.74 Å². The van der Waals surface area contributed by atoms with Crippen molar-refractivity contribution < 1.29 is 9.53 Å². The van der Waals surface area contributed by atoms with Crippen LogP contribution in [0.4, 0.5) is 0 Å². The van der Waals surface area contributed by atoms with E-state index in [1.165, 1.54) is 14.0 Å². The van der Waals surface area contributed by atoms with Crippen LogP contribution in [0.1, 0.15) is 28.4 Å². The summed E-state index contributed by atoms with van der Waals surface area (Å²) in [5.41, 5.74) is 1.84. The second-order valence-electron chi connectivity index (χ2n) is 3.04. The zero-order valence-corrected chi connectivity index (χ0v) is 8.42. The zero-order chi connectivity index (χ0) is 10.7. The van der Waals surface area contributed by atoms with Gasteiger partial charge in [-0.3, -0.25) is 4.79 Å². The maximum Gasteiger partial charge on any atom is 0.163 e. The topological polar surface area (TPSA) is 50.1 Å². The molecule has 0 radical (unpaired) electrons.